The van der Waals surface area contributed by atoms with Crippen LogP contribution in [0.5, 0.6) is 0 Å². The Morgan fingerprint density at radius 1 is 1.04 bits per heavy atom. The van der Waals surface area contributed by atoms with Crippen LogP contribution in [0.3, 0.4) is 0 Å². The molecule has 138 valence electrons. The Hall–Kier alpha value is -0.810. The van der Waals surface area contributed by atoms with Crippen molar-refractivity contribution in [2.24, 2.45) is 5.92 Å². The summed E-state index contributed by atoms with van der Waals surface area (Å²) in [7, 11) is 1.84. The number of nitrogens with zero attached hydrogens (tertiary/aromatic N) is 1. The Balaban J connectivity index is 1.48. The van der Waals surface area contributed by atoms with E-state index in [1.165, 1.54) is 38.5 Å². The second kappa shape index (κ2) is 8.52. The van der Waals surface area contributed by atoms with Gasteiger partial charge in [-0.05, 0) is 38.5 Å². The molecule has 4 atom stereocenters. The molecule has 2 N–H and O–H groups in total. The van der Waals surface area contributed by atoms with Gasteiger partial charge in [-0.2, -0.15) is 0 Å². The molecule has 3 fully saturated rings. The number of rotatable bonds is 5. The van der Waals surface area contributed by atoms with Crippen molar-refractivity contribution < 1.29 is 14.6 Å². The second-order valence-electron chi connectivity index (χ2n) is 8.06. The predicted octanol–water partition coefficient (Wildman–Crippen LogP) is 3.06. The molecular weight excluding hydrogens is 304 g/mol. The van der Waals surface area contributed by atoms with E-state index in [0.29, 0.717) is 12.6 Å². The van der Waals surface area contributed by atoms with Gasteiger partial charge in [0.15, 0.2) is 0 Å². The zero-order chi connectivity index (χ0) is 16.9. The summed E-state index contributed by atoms with van der Waals surface area (Å²) in [5.41, 5.74) is 0. The molecule has 0 spiro atoms. The van der Waals surface area contributed by atoms with Crippen LogP contribution in [0.1, 0.15) is 70.6 Å². The second-order valence-corrected chi connectivity index (χ2v) is 8.06. The monoisotopic (exact) mass is 338 g/mol. The Morgan fingerprint density at radius 2 is 1.75 bits per heavy atom. The standard InChI is InChI=1S/C19H34N2O3/c1-21(13-14-7-6-11-17(14)22)19(23)20-16-10-4-5-12-18(16)24-15-8-2-3-9-15/h14-18,22H,2-13H2,1H3,(H,20,23). The van der Waals surface area contributed by atoms with Gasteiger partial charge >= 0.3 is 6.03 Å². The van der Waals surface area contributed by atoms with E-state index in [4.69, 9.17) is 4.74 Å². The van der Waals surface area contributed by atoms with Crippen LogP contribution >= 0.6 is 0 Å². The Labute approximate surface area is 146 Å². The van der Waals surface area contributed by atoms with Gasteiger partial charge in [0.05, 0.1) is 24.4 Å². The number of ether oxygens (including phenoxy) is 1. The fourth-order valence-electron chi connectivity index (χ4n) is 4.63. The summed E-state index contributed by atoms with van der Waals surface area (Å²) in [6, 6.07) is 0.129. The average molecular weight is 338 g/mol. The molecule has 3 aliphatic rings. The maximum Gasteiger partial charge on any atom is 0.317 e. The summed E-state index contributed by atoms with van der Waals surface area (Å²) >= 11 is 0. The molecule has 5 heteroatoms. The predicted molar refractivity (Wildman–Crippen MR) is 93.9 cm³/mol. The van der Waals surface area contributed by atoms with Crippen LogP contribution in [0.15, 0.2) is 0 Å². The SMILES string of the molecule is CN(CC1CCCC1O)C(=O)NC1CCCCC1OC1CCCC1. The van der Waals surface area contributed by atoms with Crippen LogP contribution in [0.25, 0.3) is 0 Å². The molecular formula is C19H34N2O3. The molecule has 24 heavy (non-hydrogen) atoms. The maximum atomic E-state index is 12.6. The van der Waals surface area contributed by atoms with Crippen molar-refractivity contribution in [3.63, 3.8) is 0 Å². The van der Waals surface area contributed by atoms with E-state index in [-0.39, 0.29) is 30.2 Å². The van der Waals surface area contributed by atoms with Crippen molar-refractivity contribution in [1.82, 2.24) is 10.2 Å². The molecule has 0 bridgehead atoms. The quantitative estimate of drug-likeness (QED) is 0.810. The van der Waals surface area contributed by atoms with Gasteiger partial charge in [-0.3, -0.25) is 0 Å². The van der Waals surface area contributed by atoms with Crippen LogP contribution in [-0.4, -0.2) is 54.0 Å². The van der Waals surface area contributed by atoms with E-state index in [9.17, 15) is 9.90 Å². The van der Waals surface area contributed by atoms with Crippen molar-refractivity contribution in [3.8, 4) is 0 Å². The average Bonchev–Trinajstić information content (AvgIpc) is 3.22. The van der Waals surface area contributed by atoms with Crippen LogP contribution in [-0.2, 0) is 4.74 Å². The van der Waals surface area contributed by atoms with E-state index in [1.807, 2.05) is 7.05 Å². The number of aliphatic hydroxyl groups is 1. The van der Waals surface area contributed by atoms with Crippen molar-refractivity contribution in [1.29, 1.82) is 0 Å². The first-order valence-electron chi connectivity index (χ1n) is 9.98. The molecule has 0 heterocycles. The highest BCUT2D eigenvalue weighted by atomic mass is 16.5. The molecule has 0 radical (unpaired) electrons. The maximum absolute atomic E-state index is 12.6. The molecule has 0 saturated heterocycles. The molecule has 0 aliphatic heterocycles. The lowest BCUT2D eigenvalue weighted by molar-refractivity contribution is -0.0417. The van der Waals surface area contributed by atoms with Gasteiger partial charge in [0.25, 0.3) is 0 Å². The zero-order valence-electron chi connectivity index (χ0n) is 15.1. The van der Waals surface area contributed by atoms with Gasteiger partial charge in [-0.15, -0.1) is 0 Å². The summed E-state index contributed by atoms with van der Waals surface area (Å²) in [6.07, 6.45) is 12.7. The minimum Gasteiger partial charge on any atom is -0.393 e. The van der Waals surface area contributed by atoms with Crippen LogP contribution in [0, 0.1) is 5.92 Å². The summed E-state index contributed by atoms with van der Waals surface area (Å²) in [5.74, 6) is 0.234. The largest absolute Gasteiger partial charge is 0.393 e. The third-order valence-electron chi connectivity index (χ3n) is 6.15. The highest BCUT2D eigenvalue weighted by Crippen LogP contribution is 2.29. The van der Waals surface area contributed by atoms with Crippen LogP contribution < -0.4 is 5.32 Å². The topological polar surface area (TPSA) is 61.8 Å². The number of aliphatic hydroxyl groups excluding tert-OH is 1. The summed E-state index contributed by atoms with van der Waals surface area (Å²) < 4.78 is 6.32. The summed E-state index contributed by atoms with van der Waals surface area (Å²) in [5, 5.41) is 13.2. The van der Waals surface area contributed by atoms with Crippen LogP contribution in [0.4, 0.5) is 4.79 Å². The molecule has 5 nitrogen and oxygen atoms in total. The van der Waals surface area contributed by atoms with Crippen molar-refractivity contribution in [2.75, 3.05) is 13.6 Å². The minimum atomic E-state index is -0.242. The van der Waals surface area contributed by atoms with E-state index in [1.54, 1.807) is 4.90 Å². The van der Waals surface area contributed by atoms with Gasteiger partial charge in [0.2, 0.25) is 0 Å². The van der Waals surface area contributed by atoms with E-state index in [2.05, 4.69) is 5.32 Å². The smallest absolute Gasteiger partial charge is 0.317 e. The first-order chi connectivity index (χ1) is 11.6. The molecule has 3 rings (SSSR count). The molecule has 3 saturated carbocycles. The molecule has 4 unspecified atom stereocenters. The lowest BCUT2D eigenvalue weighted by atomic mass is 9.92. The fourth-order valence-corrected chi connectivity index (χ4v) is 4.63. The minimum absolute atomic E-state index is 0.0129. The number of hydrogen-bond donors (Lipinski definition) is 2. The third-order valence-corrected chi connectivity index (χ3v) is 6.15. The fraction of sp³-hybridized carbons (Fsp3) is 0.947. The highest BCUT2D eigenvalue weighted by molar-refractivity contribution is 5.74. The van der Waals surface area contributed by atoms with Gasteiger partial charge in [-0.25, -0.2) is 4.79 Å². The number of urea groups is 1. The van der Waals surface area contributed by atoms with Crippen molar-refractivity contribution in [2.45, 2.75) is 95.0 Å². The molecule has 0 aromatic carbocycles. The number of carbonyl (C=O) groups excluding carboxylic acids is 1. The Bertz CT molecular complexity index is 411. The first kappa shape index (κ1) is 18.0. The van der Waals surface area contributed by atoms with Gasteiger partial charge in [-0.1, -0.05) is 32.1 Å². The third kappa shape index (κ3) is 4.63. The van der Waals surface area contributed by atoms with Crippen molar-refractivity contribution >= 4 is 6.03 Å². The Kier molecular flexibility index (Phi) is 6.39. The zero-order valence-corrected chi connectivity index (χ0v) is 15.1. The number of carbonyl (C=O) groups is 1. The molecule has 2 amide bonds. The lowest BCUT2D eigenvalue weighted by Crippen LogP contribution is -2.51. The van der Waals surface area contributed by atoms with Gasteiger partial charge in [0, 0.05) is 19.5 Å². The normalized spacial score (nSPS) is 34.4. The molecule has 3 aliphatic carbocycles. The molecule has 0 aromatic heterocycles. The van der Waals surface area contributed by atoms with E-state index < -0.39 is 0 Å². The van der Waals surface area contributed by atoms with Gasteiger partial charge in [0.1, 0.15) is 0 Å². The van der Waals surface area contributed by atoms with Gasteiger partial charge < -0.3 is 20.1 Å². The van der Waals surface area contributed by atoms with E-state index in [0.717, 1.165) is 32.1 Å². The summed E-state index contributed by atoms with van der Waals surface area (Å²) in [4.78, 5) is 14.3. The number of amides is 2. The molecule has 0 aromatic rings. The van der Waals surface area contributed by atoms with Crippen molar-refractivity contribution in [3.05, 3.63) is 0 Å². The summed E-state index contributed by atoms with van der Waals surface area (Å²) in [6.45, 7) is 0.647. The number of nitrogens with one attached hydrogen (secondary N) is 1. The Morgan fingerprint density at radius 3 is 2.46 bits per heavy atom. The first-order valence-corrected chi connectivity index (χ1v) is 9.98. The highest BCUT2D eigenvalue weighted by Gasteiger charge is 2.32. The lowest BCUT2D eigenvalue weighted by Gasteiger charge is -2.35. The van der Waals surface area contributed by atoms with Crippen LogP contribution in [0.2, 0.25) is 0 Å². The van der Waals surface area contributed by atoms with E-state index >= 15 is 0 Å². The number of hydrogen-bond acceptors (Lipinski definition) is 3.